The molecule has 0 spiro atoms. The Labute approximate surface area is 181 Å². The molecule has 5 rings (SSSR count). The molecule has 31 heavy (non-hydrogen) atoms. The van der Waals surface area contributed by atoms with Crippen molar-refractivity contribution >= 4 is 17.2 Å². The van der Waals surface area contributed by atoms with Gasteiger partial charge in [0.25, 0.3) is 0 Å². The summed E-state index contributed by atoms with van der Waals surface area (Å²) in [5.74, 6) is 0.745. The SMILES string of the molecule is CCn1cc(-c2cnc3c(Nc4ccc(CN5CCOCC5)cc4)nc(C)cn23)cn1. The topological polar surface area (TPSA) is 72.5 Å². The third-order valence-corrected chi connectivity index (χ3v) is 5.59. The number of ether oxygens (including phenoxy) is 1. The molecule has 0 aliphatic carbocycles. The van der Waals surface area contributed by atoms with Gasteiger partial charge in [-0.15, -0.1) is 0 Å². The summed E-state index contributed by atoms with van der Waals surface area (Å²) >= 11 is 0. The van der Waals surface area contributed by atoms with Gasteiger partial charge in [0.1, 0.15) is 0 Å². The number of nitrogens with zero attached hydrogens (tertiary/aromatic N) is 6. The van der Waals surface area contributed by atoms with Gasteiger partial charge < -0.3 is 10.1 Å². The Hall–Kier alpha value is -3.23. The Balaban J connectivity index is 1.38. The van der Waals surface area contributed by atoms with E-state index < -0.39 is 0 Å². The highest BCUT2D eigenvalue weighted by molar-refractivity contribution is 5.74. The molecule has 0 atom stereocenters. The maximum atomic E-state index is 5.43. The zero-order chi connectivity index (χ0) is 21.2. The monoisotopic (exact) mass is 417 g/mol. The Morgan fingerprint density at radius 2 is 1.87 bits per heavy atom. The number of hydrogen-bond acceptors (Lipinski definition) is 6. The molecule has 8 heteroatoms. The molecule has 0 amide bonds. The van der Waals surface area contributed by atoms with Gasteiger partial charge >= 0.3 is 0 Å². The molecule has 1 aliphatic rings. The molecule has 1 saturated heterocycles. The van der Waals surface area contributed by atoms with Crippen LogP contribution in [0.3, 0.4) is 0 Å². The Kier molecular flexibility index (Phi) is 5.40. The Morgan fingerprint density at radius 3 is 2.61 bits per heavy atom. The van der Waals surface area contributed by atoms with E-state index >= 15 is 0 Å². The minimum atomic E-state index is 0.745. The van der Waals surface area contributed by atoms with E-state index in [0.717, 1.165) is 73.5 Å². The van der Waals surface area contributed by atoms with E-state index in [1.807, 2.05) is 36.4 Å². The van der Waals surface area contributed by atoms with Crippen molar-refractivity contribution < 1.29 is 4.74 Å². The standard InChI is InChI=1S/C23H27N7O/c1-3-29-16-19(12-25-29)21-13-24-23-22(26-17(2)14-30(21)23)27-20-6-4-18(5-7-20)15-28-8-10-31-11-9-28/h4-7,12-14,16H,3,8-11,15H2,1-2H3,(H,26,27). The fourth-order valence-electron chi connectivity index (χ4n) is 3.92. The molecule has 0 saturated carbocycles. The van der Waals surface area contributed by atoms with Crippen LogP contribution in [0.2, 0.25) is 0 Å². The van der Waals surface area contributed by atoms with E-state index in [1.54, 1.807) is 0 Å². The van der Waals surface area contributed by atoms with Crippen molar-refractivity contribution in [2.24, 2.45) is 0 Å². The first kappa shape index (κ1) is 19.7. The number of nitrogens with one attached hydrogen (secondary N) is 1. The van der Waals surface area contributed by atoms with Crippen LogP contribution in [0.1, 0.15) is 18.2 Å². The van der Waals surface area contributed by atoms with Gasteiger partial charge in [0.2, 0.25) is 0 Å². The predicted molar refractivity (Wildman–Crippen MR) is 120 cm³/mol. The zero-order valence-corrected chi connectivity index (χ0v) is 18.0. The molecule has 1 aliphatic heterocycles. The number of aryl methyl sites for hydroxylation is 2. The van der Waals surface area contributed by atoms with Crippen molar-refractivity contribution in [2.45, 2.75) is 26.9 Å². The van der Waals surface area contributed by atoms with Crippen LogP contribution in [0.25, 0.3) is 16.9 Å². The highest BCUT2D eigenvalue weighted by Crippen LogP contribution is 2.26. The number of fused-ring (bicyclic) bond motifs is 1. The largest absolute Gasteiger partial charge is 0.379 e. The zero-order valence-electron chi connectivity index (χ0n) is 18.0. The number of anilines is 2. The molecular formula is C23H27N7O. The lowest BCUT2D eigenvalue weighted by molar-refractivity contribution is 0.0342. The first-order valence-corrected chi connectivity index (χ1v) is 10.7. The summed E-state index contributed by atoms with van der Waals surface area (Å²) in [5.41, 5.74) is 6.05. The lowest BCUT2D eigenvalue weighted by atomic mass is 10.2. The molecule has 1 fully saturated rings. The Bertz CT molecular complexity index is 1170. The number of morpholine rings is 1. The van der Waals surface area contributed by atoms with E-state index in [4.69, 9.17) is 9.72 Å². The number of benzene rings is 1. The fraction of sp³-hybridized carbons (Fsp3) is 0.348. The van der Waals surface area contributed by atoms with Crippen LogP contribution in [0.4, 0.5) is 11.5 Å². The summed E-state index contributed by atoms with van der Waals surface area (Å²) in [5, 5.41) is 7.84. The van der Waals surface area contributed by atoms with Crippen LogP contribution < -0.4 is 5.32 Å². The minimum absolute atomic E-state index is 0.745. The molecule has 1 N–H and O–H groups in total. The summed E-state index contributed by atoms with van der Waals surface area (Å²) in [6.07, 6.45) is 7.81. The lowest BCUT2D eigenvalue weighted by Gasteiger charge is -2.26. The second-order valence-corrected chi connectivity index (χ2v) is 7.86. The minimum Gasteiger partial charge on any atom is -0.379 e. The average molecular weight is 418 g/mol. The maximum Gasteiger partial charge on any atom is 0.180 e. The van der Waals surface area contributed by atoms with E-state index in [9.17, 15) is 0 Å². The summed E-state index contributed by atoms with van der Waals surface area (Å²) in [4.78, 5) is 11.8. The highest BCUT2D eigenvalue weighted by Gasteiger charge is 2.14. The molecule has 0 bridgehead atoms. The molecule has 8 nitrogen and oxygen atoms in total. The maximum absolute atomic E-state index is 5.43. The van der Waals surface area contributed by atoms with Crippen molar-refractivity contribution in [1.29, 1.82) is 0 Å². The van der Waals surface area contributed by atoms with Crippen LogP contribution in [0, 0.1) is 6.92 Å². The lowest BCUT2D eigenvalue weighted by Crippen LogP contribution is -2.35. The summed E-state index contributed by atoms with van der Waals surface area (Å²) in [7, 11) is 0. The van der Waals surface area contributed by atoms with E-state index in [2.05, 4.69) is 55.9 Å². The average Bonchev–Trinajstić information content (AvgIpc) is 3.42. The molecule has 4 aromatic rings. The van der Waals surface area contributed by atoms with Gasteiger partial charge in [-0.1, -0.05) is 12.1 Å². The Morgan fingerprint density at radius 1 is 1.06 bits per heavy atom. The molecule has 0 unspecified atom stereocenters. The first-order valence-electron chi connectivity index (χ1n) is 10.7. The number of aromatic nitrogens is 5. The summed E-state index contributed by atoms with van der Waals surface area (Å²) < 4.78 is 9.43. The molecular weight excluding hydrogens is 390 g/mol. The van der Waals surface area contributed by atoms with Gasteiger partial charge in [0, 0.05) is 49.8 Å². The summed E-state index contributed by atoms with van der Waals surface area (Å²) in [6.45, 7) is 9.48. The van der Waals surface area contributed by atoms with Crippen molar-refractivity contribution in [3.05, 3.63) is 60.3 Å². The number of rotatable bonds is 6. The van der Waals surface area contributed by atoms with Gasteiger partial charge in [0.15, 0.2) is 11.5 Å². The van der Waals surface area contributed by atoms with Crippen LogP contribution in [0.15, 0.2) is 49.1 Å². The van der Waals surface area contributed by atoms with Gasteiger partial charge in [-0.3, -0.25) is 14.0 Å². The second kappa shape index (κ2) is 8.49. The normalized spacial score (nSPS) is 14.9. The van der Waals surface area contributed by atoms with Crippen molar-refractivity contribution in [2.75, 3.05) is 31.6 Å². The number of hydrogen-bond donors (Lipinski definition) is 1. The van der Waals surface area contributed by atoms with E-state index in [0.29, 0.717) is 0 Å². The first-order chi connectivity index (χ1) is 15.2. The van der Waals surface area contributed by atoms with Crippen molar-refractivity contribution in [3.63, 3.8) is 0 Å². The smallest absolute Gasteiger partial charge is 0.180 e. The van der Waals surface area contributed by atoms with Gasteiger partial charge in [-0.2, -0.15) is 5.10 Å². The molecule has 1 aromatic carbocycles. The van der Waals surface area contributed by atoms with Gasteiger partial charge in [-0.05, 0) is 31.5 Å². The van der Waals surface area contributed by atoms with Gasteiger partial charge in [0.05, 0.1) is 37.0 Å². The van der Waals surface area contributed by atoms with E-state index in [1.165, 1.54) is 5.56 Å². The van der Waals surface area contributed by atoms with E-state index in [-0.39, 0.29) is 0 Å². The van der Waals surface area contributed by atoms with Crippen LogP contribution in [-0.4, -0.2) is 55.4 Å². The highest BCUT2D eigenvalue weighted by atomic mass is 16.5. The molecule has 160 valence electrons. The molecule has 3 aromatic heterocycles. The molecule has 0 radical (unpaired) electrons. The third-order valence-electron chi connectivity index (χ3n) is 5.59. The van der Waals surface area contributed by atoms with Gasteiger partial charge in [-0.25, -0.2) is 9.97 Å². The van der Waals surface area contributed by atoms with Crippen LogP contribution >= 0.6 is 0 Å². The third kappa shape index (κ3) is 4.17. The molecule has 4 heterocycles. The van der Waals surface area contributed by atoms with Crippen molar-refractivity contribution in [3.8, 4) is 11.3 Å². The summed E-state index contributed by atoms with van der Waals surface area (Å²) in [6, 6.07) is 8.54. The fourth-order valence-corrected chi connectivity index (χ4v) is 3.92. The quantitative estimate of drug-likeness (QED) is 0.518. The second-order valence-electron chi connectivity index (χ2n) is 7.86. The van der Waals surface area contributed by atoms with Crippen LogP contribution in [-0.2, 0) is 17.8 Å². The predicted octanol–water partition coefficient (Wildman–Crippen LogP) is 3.50. The van der Waals surface area contributed by atoms with Crippen molar-refractivity contribution in [1.82, 2.24) is 29.0 Å². The van der Waals surface area contributed by atoms with Crippen LogP contribution in [0.5, 0.6) is 0 Å². The number of imidazole rings is 1.